The fourth-order valence-electron chi connectivity index (χ4n) is 3.71. The van der Waals surface area contributed by atoms with E-state index >= 15 is 0 Å². The summed E-state index contributed by atoms with van der Waals surface area (Å²) >= 11 is 0. The topological polar surface area (TPSA) is 58.4 Å². The highest BCUT2D eigenvalue weighted by Crippen LogP contribution is 2.34. The quantitative estimate of drug-likeness (QED) is 0.827. The first-order chi connectivity index (χ1) is 12.5. The highest BCUT2D eigenvalue weighted by Gasteiger charge is 2.39. The van der Waals surface area contributed by atoms with Crippen molar-refractivity contribution in [1.82, 2.24) is 14.5 Å². The van der Waals surface area contributed by atoms with Gasteiger partial charge in [-0.2, -0.15) is 0 Å². The minimum atomic E-state index is -0.325. The zero-order valence-corrected chi connectivity index (χ0v) is 15.2. The van der Waals surface area contributed by atoms with Gasteiger partial charge in [0.15, 0.2) is 0 Å². The lowest BCUT2D eigenvalue weighted by molar-refractivity contribution is -0.130. The first-order valence-electron chi connectivity index (χ1n) is 9.12. The predicted molar refractivity (Wildman–Crippen MR) is 97.0 cm³/mol. The van der Waals surface area contributed by atoms with E-state index in [2.05, 4.69) is 4.98 Å². The van der Waals surface area contributed by atoms with Gasteiger partial charge in [0, 0.05) is 43.9 Å². The van der Waals surface area contributed by atoms with E-state index in [0.717, 1.165) is 30.8 Å². The summed E-state index contributed by atoms with van der Waals surface area (Å²) in [6.45, 7) is 4.00. The normalized spacial score (nSPS) is 19.9. The SMILES string of the molecule is Cc1nccn1CCCC(=O)N1CCC(CO)(Cc2ccc(F)cc2)C1. The van der Waals surface area contributed by atoms with Gasteiger partial charge in [-0.25, -0.2) is 9.37 Å². The van der Waals surface area contributed by atoms with Crippen molar-refractivity contribution in [2.75, 3.05) is 19.7 Å². The summed E-state index contributed by atoms with van der Waals surface area (Å²) in [7, 11) is 0. The maximum atomic E-state index is 13.1. The fourth-order valence-corrected chi connectivity index (χ4v) is 3.71. The van der Waals surface area contributed by atoms with Gasteiger partial charge in [-0.15, -0.1) is 0 Å². The van der Waals surface area contributed by atoms with Gasteiger partial charge >= 0.3 is 0 Å². The lowest BCUT2D eigenvalue weighted by atomic mass is 9.81. The molecule has 1 unspecified atom stereocenters. The van der Waals surface area contributed by atoms with Crippen LogP contribution in [-0.4, -0.2) is 45.2 Å². The molecule has 3 rings (SSSR count). The molecular formula is C20H26FN3O2. The molecular weight excluding hydrogens is 333 g/mol. The number of nitrogens with zero attached hydrogens (tertiary/aromatic N) is 3. The number of hydrogen-bond donors (Lipinski definition) is 1. The molecule has 1 aliphatic heterocycles. The molecule has 0 aliphatic carbocycles. The van der Waals surface area contributed by atoms with Gasteiger partial charge in [-0.3, -0.25) is 4.79 Å². The minimum absolute atomic E-state index is 0.0301. The van der Waals surface area contributed by atoms with Gasteiger partial charge < -0.3 is 14.6 Å². The molecule has 0 radical (unpaired) electrons. The van der Waals surface area contributed by atoms with Crippen LogP contribution in [0.5, 0.6) is 0 Å². The number of aryl methyl sites for hydroxylation is 2. The molecule has 2 aromatic rings. The van der Waals surface area contributed by atoms with Crippen LogP contribution in [0, 0.1) is 18.2 Å². The summed E-state index contributed by atoms with van der Waals surface area (Å²) in [6, 6.07) is 6.39. The minimum Gasteiger partial charge on any atom is -0.396 e. The number of carbonyl (C=O) groups is 1. The maximum absolute atomic E-state index is 13.1. The fraction of sp³-hybridized carbons (Fsp3) is 0.500. The molecule has 140 valence electrons. The summed E-state index contributed by atoms with van der Waals surface area (Å²) < 4.78 is 15.1. The molecule has 1 atom stereocenters. The molecule has 0 spiro atoms. The number of aromatic nitrogens is 2. The lowest BCUT2D eigenvalue weighted by Crippen LogP contribution is -2.35. The third-order valence-corrected chi connectivity index (χ3v) is 5.33. The third kappa shape index (κ3) is 4.30. The van der Waals surface area contributed by atoms with E-state index in [4.69, 9.17) is 0 Å². The Morgan fingerprint density at radius 1 is 1.35 bits per heavy atom. The van der Waals surface area contributed by atoms with Crippen LogP contribution in [0.15, 0.2) is 36.7 Å². The highest BCUT2D eigenvalue weighted by molar-refractivity contribution is 5.76. The number of imidazole rings is 1. The van der Waals surface area contributed by atoms with Crippen LogP contribution in [0.3, 0.4) is 0 Å². The summed E-state index contributed by atoms with van der Waals surface area (Å²) in [4.78, 5) is 18.6. The molecule has 1 aromatic heterocycles. The first-order valence-corrected chi connectivity index (χ1v) is 9.12. The van der Waals surface area contributed by atoms with Crippen molar-refractivity contribution in [2.45, 2.75) is 39.2 Å². The van der Waals surface area contributed by atoms with Crippen LogP contribution in [0.4, 0.5) is 4.39 Å². The second-order valence-corrected chi connectivity index (χ2v) is 7.30. The van der Waals surface area contributed by atoms with Crippen molar-refractivity contribution >= 4 is 5.91 Å². The van der Waals surface area contributed by atoms with Gasteiger partial charge in [0.05, 0.1) is 6.61 Å². The molecule has 1 amide bonds. The Bertz CT molecular complexity index is 744. The standard InChI is InChI=1S/C20H26FN3O2/c1-16-22-9-12-23(16)10-2-3-19(26)24-11-8-20(14-24,15-25)13-17-4-6-18(21)7-5-17/h4-7,9,12,25H,2-3,8,10-11,13-15H2,1H3. The smallest absolute Gasteiger partial charge is 0.222 e. The number of halogens is 1. The van der Waals surface area contributed by atoms with Crippen molar-refractivity contribution in [3.05, 3.63) is 53.9 Å². The number of rotatable bonds is 7. The average molecular weight is 359 g/mol. The number of likely N-dealkylation sites (tertiary alicyclic amines) is 1. The molecule has 1 saturated heterocycles. The highest BCUT2D eigenvalue weighted by atomic mass is 19.1. The Hall–Kier alpha value is -2.21. The predicted octanol–water partition coefficient (Wildman–Crippen LogP) is 2.56. The molecule has 1 aliphatic rings. The van der Waals surface area contributed by atoms with Crippen LogP contribution in [0.2, 0.25) is 0 Å². The van der Waals surface area contributed by atoms with Crippen LogP contribution >= 0.6 is 0 Å². The molecule has 1 N–H and O–H groups in total. The van der Waals surface area contributed by atoms with E-state index in [1.807, 2.05) is 22.6 Å². The van der Waals surface area contributed by atoms with Crippen molar-refractivity contribution in [3.8, 4) is 0 Å². The van der Waals surface area contributed by atoms with Crippen molar-refractivity contribution in [1.29, 1.82) is 0 Å². The van der Waals surface area contributed by atoms with E-state index in [-0.39, 0.29) is 23.7 Å². The van der Waals surface area contributed by atoms with E-state index < -0.39 is 0 Å². The second-order valence-electron chi connectivity index (χ2n) is 7.30. The molecule has 1 fully saturated rings. The first kappa shape index (κ1) is 18.6. The number of aliphatic hydroxyl groups is 1. The average Bonchev–Trinajstić information content (AvgIpc) is 3.24. The molecule has 6 heteroatoms. The Balaban J connectivity index is 1.52. The van der Waals surface area contributed by atoms with Crippen LogP contribution in [-0.2, 0) is 17.8 Å². The van der Waals surface area contributed by atoms with Crippen molar-refractivity contribution in [2.24, 2.45) is 5.41 Å². The monoisotopic (exact) mass is 359 g/mol. The Labute approximate surface area is 153 Å². The summed E-state index contributed by atoms with van der Waals surface area (Å²) in [5, 5.41) is 9.94. The largest absolute Gasteiger partial charge is 0.396 e. The maximum Gasteiger partial charge on any atom is 0.222 e. The summed E-state index contributed by atoms with van der Waals surface area (Å²) in [5.41, 5.74) is 0.666. The number of benzene rings is 1. The van der Waals surface area contributed by atoms with Crippen molar-refractivity contribution in [3.63, 3.8) is 0 Å². The summed E-state index contributed by atoms with van der Waals surface area (Å²) in [5.74, 6) is 0.831. The molecule has 26 heavy (non-hydrogen) atoms. The zero-order chi connectivity index (χ0) is 18.6. The van der Waals surface area contributed by atoms with Gasteiger partial charge in [-0.05, 0) is 43.9 Å². The van der Waals surface area contributed by atoms with Gasteiger partial charge in [0.2, 0.25) is 5.91 Å². The Morgan fingerprint density at radius 2 is 2.12 bits per heavy atom. The molecule has 0 saturated carbocycles. The van der Waals surface area contributed by atoms with E-state index in [0.29, 0.717) is 25.9 Å². The number of aliphatic hydroxyl groups excluding tert-OH is 1. The third-order valence-electron chi connectivity index (χ3n) is 5.33. The van der Waals surface area contributed by atoms with E-state index in [1.165, 1.54) is 12.1 Å². The Kier molecular flexibility index (Phi) is 5.71. The van der Waals surface area contributed by atoms with Gasteiger partial charge in [0.1, 0.15) is 11.6 Å². The number of carbonyl (C=O) groups excluding carboxylic acids is 1. The number of amides is 1. The van der Waals surface area contributed by atoms with Gasteiger partial charge in [-0.1, -0.05) is 12.1 Å². The Morgan fingerprint density at radius 3 is 2.77 bits per heavy atom. The lowest BCUT2D eigenvalue weighted by Gasteiger charge is -2.27. The molecule has 0 bridgehead atoms. The van der Waals surface area contributed by atoms with E-state index in [9.17, 15) is 14.3 Å². The van der Waals surface area contributed by atoms with Crippen molar-refractivity contribution < 1.29 is 14.3 Å². The molecule has 5 nitrogen and oxygen atoms in total. The second kappa shape index (κ2) is 7.99. The van der Waals surface area contributed by atoms with Gasteiger partial charge in [0.25, 0.3) is 0 Å². The summed E-state index contributed by atoms with van der Waals surface area (Å²) in [6.07, 6.45) is 6.39. The van der Waals surface area contributed by atoms with Crippen LogP contribution < -0.4 is 0 Å². The van der Waals surface area contributed by atoms with E-state index in [1.54, 1.807) is 18.3 Å². The van der Waals surface area contributed by atoms with Crippen LogP contribution in [0.1, 0.15) is 30.7 Å². The molecule has 1 aromatic carbocycles. The van der Waals surface area contributed by atoms with Crippen LogP contribution in [0.25, 0.3) is 0 Å². The zero-order valence-electron chi connectivity index (χ0n) is 15.2. The molecule has 2 heterocycles. The number of hydrogen-bond acceptors (Lipinski definition) is 3.